The molecule has 5 heteroatoms. The number of nitrogens with zero attached hydrogens (tertiary/aromatic N) is 1. The lowest BCUT2D eigenvalue weighted by molar-refractivity contribution is -0.116. The van der Waals surface area contributed by atoms with Crippen molar-refractivity contribution in [2.24, 2.45) is 5.92 Å². The zero-order valence-electron chi connectivity index (χ0n) is 15.8. The van der Waals surface area contributed by atoms with Gasteiger partial charge in [0.25, 0.3) is 0 Å². The molecule has 1 atom stereocenters. The van der Waals surface area contributed by atoms with Gasteiger partial charge >= 0.3 is 0 Å². The smallest absolute Gasteiger partial charge is 0.224 e. The van der Waals surface area contributed by atoms with Gasteiger partial charge in [-0.3, -0.25) is 9.69 Å². The molecule has 0 aliphatic carbocycles. The van der Waals surface area contributed by atoms with E-state index in [9.17, 15) is 9.18 Å². The quantitative estimate of drug-likeness (QED) is 0.666. The van der Waals surface area contributed by atoms with E-state index in [4.69, 9.17) is 0 Å². The van der Waals surface area contributed by atoms with Crippen LogP contribution in [0.3, 0.4) is 0 Å². The minimum absolute atomic E-state index is 0.107. The highest BCUT2D eigenvalue weighted by Crippen LogP contribution is 2.24. The van der Waals surface area contributed by atoms with Crippen LogP contribution in [0.1, 0.15) is 31.2 Å². The fourth-order valence-corrected chi connectivity index (χ4v) is 4.04. The molecule has 0 radical (unpaired) electrons. The average molecular weight is 387 g/mol. The summed E-state index contributed by atoms with van der Waals surface area (Å²) in [7, 11) is 0. The number of carbonyl (C=O) groups is 1. The van der Waals surface area contributed by atoms with Crippen molar-refractivity contribution in [3.63, 3.8) is 0 Å². The number of benzene rings is 2. The predicted molar refractivity (Wildman–Crippen MR) is 110 cm³/mol. The molecular formula is C22H27FN2OS. The van der Waals surface area contributed by atoms with Crippen molar-refractivity contribution >= 4 is 23.4 Å². The molecule has 1 saturated heterocycles. The molecule has 3 rings (SSSR count). The summed E-state index contributed by atoms with van der Waals surface area (Å²) in [6, 6.07) is 15.1. The first kappa shape index (κ1) is 19.9. The van der Waals surface area contributed by atoms with Crippen molar-refractivity contribution in [3.8, 4) is 0 Å². The Kier molecular flexibility index (Phi) is 7.30. The molecule has 144 valence electrons. The van der Waals surface area contributed by atoms with E-state index >= 15 is 0 Å². The molecule has 0 spiro atoms. The first-order chi connectivity index (χ1) is 13.1. The van der Waals surface area contributed by atoms with Gasteiger partial charge in [-0.1, -0.05) is 24.3 Å². The second-order valence-electron chi connectivity index (χ2n) is 7.16. The lowest BCUT2D eigenvalue weighted by Crippen LogP contribution is -2.35. The van der Waals surface area contributed by atoms with Gasteiger partial charge in [-0.05, 0) is 67.8 Å². The molecule has 0 aromatic heterocycles. The van der Waals surface area contributed by atoms with E-state index in [2.05, 4.69) is 40.7 Å². The van der Waals surface area contributed by atoms with Gasteiger partial charge in [0.2, 0.25) is 5.91 Å². The average Bonchev–Trinajstić information content (AvgIpc) is 2.69. The van der Waals surface area contributed by atoms with E-state index in [0.717, 1.165) is 32.5 Å². The Labute approximate surface area is 165 Å². The van der Waals surface area contributed by atoms with Crippen molar-refractivity contribution in [1.82, 2.24) is 4.90 Å². The number of hydrogen-bond donors (Lipinski definition) is 1. The van der Waals surface area contributed by atoms with Gasteiger partial charge in [-0.2, -0.15) is 0 Å². The second kappa shape index (κ2) is 9.90. The molecule has 1 amide bonds. The summed E-state index contributed by atoms with van der Waals surface area (Å²) in [5.41, 5.74) is 1.60. The van der Waals surface area contributed by atoms with Crippen LogP contribution in [0.2, 0.25) is 0 Å². The Morgan fingerprint density at radius 3 is 2.74 bits per heavy atom. The van der Waals surface area contributed by atoms with Crippen molar-refractivity contribution in [2.45, 2.75) is 37.1 Å². The zero-order valence-corrected chi connectivity index (χ0v) is 16.6. The van der Waals surface area contributed by atoms with Crippen LogP contribution in [0.25, 0.3) is 0 Å². The summed E-state index contributed by atoms with van der Waals surface area (Å²) in [4.78, 5) is 15.9. The lowest BCUT2D eigenvalue weighted by Gasteiger charge is -2.32. The minimum atomic E-state index is -0.387. The van der Waals surface area contributed by atoms with Gasteiger partial charge in [0.1, 0.15) is 5.82 Å². The SMILES string of the molecule is CSc1ccc(CN2CCC[C@@H](CCC(=O)Nc3ccccc3F)C2)cc1. The standard InChI is InChI=1S/C22H27FN2OS/c1-27-19-11-8-18(9-12-19)16-25-14-4-5-17(15-25)10-13-22(26)24-21-7-3-2-6-20(21)23/h2-3,6-9,11-12,17H,4-5,10,13-16H2,1H3,(H,24,26)/t17-/m0/s1. The summed E-state index contributed by atoms with van der Waals surface area (Å²) in [5, 5.41) is 2.68. The number of nitrogens with one attached hydrogen (secondary N) is 1. The third-order valence-electron chi connectivity index (χ3n) is 5.10. The number of anilines is 1. The zero-order chi connectivity index (χ0) is 19.1. The summed E-state index contributed by atoms with van der Waals surface area (Å²) >= 11 is 1.76. The van der Waals surface area contributed by atoms with Crippen LogP contribution in [0.5, 0.6) is 0 Å². The summed E-state index contributed by atoms with van der Waals surface area (Å²) in [6.07, 6.45) is 5.71. The molecule has 3 nitrogen and oxygen atoms in total. The fraction of sp³-hybridized carbons (Fsp3) is 0.409. The Balaban J connectivity index is 1.45. The molecule has 1 fully saturated rings. The summed E-state index contributed by atoms with van der Waals surface area (Å²) in [6.45, 7) is 3.10. The molecule has 27 heavy (non-hydrogen) atoms. The summed E-state index contributed by atoms with van der Waals surface area (Å²) in [5.74, 6) is 0.0302. The number of para-hydroxylation sites is 1. The molecule has 0 saturated carbocycles. The number of amides is 1. The fourth-order valence-electron chi connectivity index (χ4n) is 3.63. The third-order valence-corrected chi connectivity index (χ3v) is 5.84. The van der Waals surface area contributed by atoms with Crippen molar-refractivity contribution < 1.29 is 9.18 Å². The van der Waals surface area contributed by atoms with E-state index in [-0.39, 0.29) is 17.4 Å². The normalized spacial score (nSPS) is 17.6. The number of carbonyl (C=O) groups excluding carboxylic acids is 1. The van der Waals surface area contributed by atoms with E-state index in [1.54, 1.807) is 30.0 Å². The molecule has 0 unspecified atom stereocenters. The Morgan fingerprint density at radius 1 is 1.22 bits per heavy atom. The van der Waals surface area contributed by atoms with Gasteiger partial charge in [-0.15, -0.1) is 11.8 Å². The lowest BCUT2D eigenvalue weighted by atomic mass is 9.93. The Hall–Kier alpha value is -1.85. The number of rotatable bonds is 7. The number of halogens is 1. The first-order valence-corrected chi connectivity index (χ1v) is 10.8. The predicted octanol–water partition coefficient (Wildman–Crippen LogP) is 5.18. The molecule has 1 heterocycles. The van der Waals surface area contributed by atoms with Gasteiger partial charge in [0.15, 0.2) is 0 Å². The Bertz CT molecular complexity index is 750. The maximum absolute atomic E-state index is 13.6. The topological polar surface area (TPSA) is 32.3 Å². The second-order valence-corrected chi connectivity index (χ2v) is 8.04. The van der Waals surface area contributed by atoms with Gasteiger partial charge in [0.05, 0.1) is 5.69 Å². The molecular weight excluding hydrogens is 359 g/mol. The van der Waals surface area contributed by atoms with Gasteiger partial charge in [-0.25, -0.2) is 4.39 Å². The number of likely N-dealkylation sites (tertiary alicyclic amines) is 1. The highest BCUT2D eigenvalue weighted by molar-refractivity contribution is 7.98. The maximum atomic E-state index is 13.6. The maximum Gasteiger partial charge on any atom is 0.224 e. The number of thioether (sulfide) groups is 1. The molecule has 1 aliphatic heterocycles. The molecule has 2 aromatic carbocycles. The van der Waals surface area contributed by atoms with Crippen molar-refractivity contribution in [3.05, 3.63) is 59.9 Å². The molecule has 1 N–H and O–H groups in total. The van der Waals surface area contributed by atoms with Crippen LogP contribution in [-0.4, -0.2) is 30.2 Å². The van der Waals surface area contributed by atoms with Gasteiger partial charge < -0.3 is 5.32 Å². The number of hydrogen-bond acceptors (Lipinski definition) is 3. The van der Waals surface area contributed by atoms with E-state index in [1.807, 2.05) is 0 Å². The first-order valence-electron chi connectivity index (χ1n) is 9.53. The van der Waals surface area contributed by atoms with E-state index in [0.29, 0.717) is 12.3 Å². The Morgan fingerprint density at radius 2 is 2.00 bits per heavy atom. The largest absolute Gasteiger partial charge is 0.324 e. The van der Waals surface area contributed by atoms with Crippen LogP contribution >= 0.6 is 11.8 Å². The minimum Gasteiger partial charge on any atom is -0.324 e. The highest BCUT2D eigenvalue weighted by atomic mass is 32.2. The molecule has 1 aliphatic rings. The van der Waals surface area contributed by atoms with Crippen LogP contribution in [0.4, 0.5) is 10.1 Å². The van der Waals surface area contributed by atoms with Crippen LogP contribution in [-0.2, 0) is 11.3 Å². The van der Waals surface area contributed by atoms with Crippen LogP contribution in [0.15, 0.2) is 53.4 Å². The monoisotopic (exact) mass is 386 g/mol. The van der Waals surface area contributed by atoms with Crippen molar-refractivity contribution in [1.29, 1.82) is 0 Å². The molecule has 0 bridgehead atoms. The number of piperidine rings is 1. The van der Waals surface area contributed by atoms with Crippen LogP contribution in [0, 0.1) is 11.7 Å². The third kappa shape index (κ3) is 6.08. The summed E-state index contributed by atoms with van der Waals surface area (Å²) < 4.78 is 13.6. The highest BCUT2D eigenvalue weighted by Gasteiger charge is 2.21. The van der Waals surface area contributed by atoms with E-state index < -0.39 is 0 Å². The molecule has 2 aromatic rings. The van der Waals surface area contributed by atoms with Crippen molar-refractivity contribution in [2.75, 3.05) is 24.7 Å². The van der Waals surface area contributed by atoms with Gasteiger partial charge in [0, 0.05) is 24.4 Å². The van der Waals surface area contributed by atoms with E-state index in [1.165, 1.54) is 22.9 Å². The van der Waals surface area contributed by atoms with Crippen LogP contribution < -0.4 is 5.32 Å².